The van der Waals surface area contributed by atoms with Crippen LogP contribution in [0.25, 0.3) is 0 Å². The number of aliphatic hydroxyl groups excluding tert-OH is 1. The number of halogens is 2. The zero-order valence-corrected chi connectivity index (χ0v) is 13.0. The molecule has 0 aliphatic rings. The van der Waals surface area contributed by atoms with Gasteiger partial charge in [-0.25, -0.2) is 4.39 Å². The molecule has 0 aliphatic heterocycles. The van der Waals surface area contributed by atoms with Crippen LogP contribution in [0.5, 0.6) is 0 Å². The van der Waals surface area contributed by atoms with Crippen molar-refractivity contribution in [3.05, 3.63) is 69.4 Å². The molecule has 0 heterocycles. The fraction of sp³-hybridized carbons (Fsp3) is 0.294. The van der Waals surface area contributed by atoms with E-state index >= 15 is 0 Å². The summed E-state index contributed by atoms with van der Waals surface area (Å²) < 4.78 is 14.6. The summed E-state index contributed by atoms with van der Waals surface area (Å²) in [6.45, 7) is 2.11. The first kappa shape index (κ1) is 15.2. The zero-order valence-electron chi connectivity index (χ0n) is 11.4. The normalized spacial score (nSPS) is 12.4. The van der Waals surface area contributed by atoms with Gasteiger partial charge >= 0.3 is 0 Å². The lowest BCUT2D eigenvalue weighted by atomic mass is 9.91. The fourth-order valence-electron chi connectivity index (χ4n) is 2.36. The molecule has 0 aromatic heterocycles. The summed E-state index contributed by atoms with van der Waals surface area (Å²) in [4.78, 5) is 0. The van der Waals surface area contributed by atoms with E-state index in [1.165, 1.54) is 17.2 Å². The summed E-state index contributed by atoms with van der Waals surface area (Å²) in [5, 5.41) is 9.57. The van der Waals surface area contributed by atoms with Crippen LogP contribution in [0.1, 0.15) is 16.7 Å². The Morgan fingerprint density at radius 1 is 1.10 bits per heavy atom. The van der Waals surface area contributed by atoms with Gasteiger partial charge in [-0.3, -0.25) is 0 Å². The molecule has 1 atom stereocenters. The second kappa shape index (κ2) is 7.00. The van der Waals surface area contributed by atoms with Crippen LogP contribution in [0.4, 0.5) is 4.39 Å². The van der Waals surface area contributed by atoms with E-state index in [0.717, 1.165) is 10.9 Å². The van der Waals surface area contributed by atoms with E-state index in [0.29, 0.717) is 12.0 Å². The van der Waals surface area contributed by atoms with Crippen molar-refractivity contribution >= 4 is 15.9 Å². The molecule has 2 rings (SSSR count). The van der Waals surface area contributed by atoms with Gasteiger partial charge in [-0.2, -0.15) is 0 Å². The van der Waals surface area contributed by atoms with Gasteiger partial charge in [0.05, 0.1) is 0 Å². The minimum absolute atomic E-state index is 0.0277. The summed E-state index contributed by atoms with van der Waals surface area (Å²) in [5.74, 6) is -0.184. The molecule has 1 unspecified atom stereocenters. The van der Waals surface area contributed by atoms with E-state index in [2.05, 4.69) is 35.0 Å². The van der Waals surface area contributed by atoms with Gasteiger partial charge in [-0.15, -0.1) is 0 Å². The third-order valence-electron chi connectivity index (χ3n) is 3.54. The van der Waals surface area contributed by atoms with Gasteiger partial charge in [0, 0.05) is 11.1 Å². The maximum Gasteiger partial charge on any atom is 0.126 e. The number of benzene rings is 2. The average molecular weight is 337 g/mol. The highest BCUT2D eigenvalue weighted by Crippen LogP contribution is 2.21. The first-order chi connectivity index (χ1) is 9.60. The summed E-state index contributed by atoms with van der Waals surface area (Å²) in [6, 6.07) is 13.1. The fourth-order valence-corrected chi connectivity index (χ4v) is 2.77. The molecule has 0 radical (unpaired) electrons. The Hall–Kier alpha value is -1.19. The molecule has 0 aliphatic carbocycles. The van der Waals surface area contributed by atoms with Crippen molar-refractivity contribution in [2.24, 2.45) is 5.92 Å². The standard InChI is InChI=1S/C17H18BrFO/c1-12-4-2-3-5-14(12)8-13(11-20)9-15-10-16(18)6-7-17(15)19/h2-7,10,13,20H,8-9,11H2,1H3. The lowest BCUT2D eigenvalue weighted by molar-refractivity contribution is 0.224. The van der Waals surface area contributed by atoms with E-state index in [4.69, 9.17) is 0 Å². The van der Waals surface area contributed by atoms with Gasteiger partial charge in [0.2, 0.25) is 0 Å². The minimum Gasteiger partial charge on any atom is -0.396 e. The second-order valence-electron chi connectivity index (χ2n) is 5.12. The maximum absolute atomic E-state index is 13.8. The van der Waals surface area contributed by atoms with E-state index in [1.54, 1.807) is 12.1 Å². The molecule has 0 saturated carbocycles. The number of aliphatic hydroxyl groups is 1. The SMILES string of the molecule is Cc1ccccc1CC(CO)Cc1cc(Br)ccc1F. The largest absolute Gasteiger partial charge is 0.396 e. The van der Waals surface area contributed by atoms with Crippen LogP contribution < -0.4 is 0 Å². The maximum atomic E-state index is 13.8. The van der Waals surface area contributed by atoms with Crippen molar-refractivity contribution in [1.82, 2.24) is 0 Å². The Balaban J connectivity index is 2.13. The molecule has 106 valence electrons. The van der Waals surface area contributed by atoms with Crippen LogP contribution >= 0.6 is 15.9 Å². The third kappa shape index (κ3) is 3.90. The molecular formula is C17H18BrFO. The molecule has 0 bridgehead atoms. The van der Waals surface area contributed by atoms with Crippen LogP contribution in [-0.4, -0.2) is 11.7 Å². The number of aryl methyl sites for hydroxylation is 1. The average Bonchev–Trinajstić information content (AvgIpc) is 2.44. The highest BCUT2D eigenvalue weighted by atomic mass is 79.9. The summed E-state index contributed by atoms with van der Waals surface area (Å²) >= 11 is 3.36. The molecule has 1 N–H and O–H groups in total. The van der Waals surface area contributed by atoms with Gasteiger partial charge in [0.25, 0.3) is 0 Å². The molecule has 3 heteroatoms. The van der Waals surface area contributed by atoms with Crippen LogP contribution in [0, 0.1) is 18.7 Å². The van der Waals surface area contributed by atoms with E-state index < -0.39 is 0 Å². The van der Waals surface area contributed by atoms with Crippen LogP contribution in [0.2, 0.25) is 0 Å². The van der Waals surface area contributed by atoms with Crippen molar-refractivity contribution in [3.63, 3.8) is 0 Å². The number of hydrogen-bond acceptors (Lipinski definition) is 1. The lowest BCUT2D eigenvalue weighted by Crippen LogP contribution is -2.14. The Kier molecular flexibility index (Phi) is 5.32. The molecule has 1 nitrogen and oxygen atoms in total. The summed E-state index contributed by atoms with van der Waals surface area (Å²) in [5.41, 5.74) is 3.06. The summed E-state index contributed by atoms with van der Waals surface area (Å²) in [6.07, 6.45) is 1.30. The first-order valence-electron chi connectivity index (χ1n) is 6.69. The lowest BCUT2D eigenvalue weighted by Gasteiger charge is -2.16. The smallest absolute Gasteiger partial charge is 0.126 e. The van der Waals surface area contributed by atoms with Crippen LogP contribution in [0.3, 0.4) is 0 Å². The predicted molar refractivity (Wildman–Crippen MR) is 83.3 cm³/mol. The van der Waals surface area contributed by atoms with Crippen molar-refractivity contribution in [1.29, 1.82) is 0 Å². The van der Waals surface area contributed by atoms with E-state index in [-0.39, 0.29) is 18.3 Å². The Bertz CT molecular complexity index is 583. The van der Waals surface area contributed by atoms with Crippen molar-refractivity contribution in [2.45, 2.75) is 19.8 Å². The summed E-state index contributed by atoms with van der Waals surface area (Å²) in [7, 11) is 0. The van der Waals surface area contributed by atoms with E-state index in [9.17, 15) is 9.50 Å². The molecule has 0 spiro atoms. The Labute approximate surface area is 127 Å². The molecule has 0 fully saturated rings. The van der Waals surface area contributed by atoms with Gasteiger partial charge in [-0.05, 0) is 60.6 Å². The highest BCUT2D eigenvalue weighted by molar-refractivity contribution is 9.10. The Morgan fingerprint density at radius 2 is 1.80 bits per heavy atom. The van der Waals surface area contributed by atoms with Crippen molar-refractivity contribution in [2.75, 3.05) is 6.61 Å². The van der Waals surface area contributed by atoms with Crippen LogP contribution in [-0.2, 0) is 12.8 Å². The predicted octanol–water partition coefficient (Wildman–Crippen LogP) is 4.29. The van der Waals surface area contributed by atoms with E-state index in [1.807, 2.05) is 12.1 Å². The molecule has 2 aromatic rings. The molecule has 0 amide bonds. The minimum atomic E-state index is -0.212. The third-order valence-corrected chi connectivity index (χ3v) is 4.04. The highest BCUT2D eigenvalue weighted by Gasteiger charge is 2.14. The first-order valence-corrected chi connectivity index (χ1v) is 7.48. The van der Waals surface area contributed by atoms with Crippen LogP contribution in [0.15, 0.2) is 46.9 Å². The van der Waals surface area contributed by atoms with Gasteiger partial charge < -0.3 is 5.11 Å². The Morgan fingerprint density at radius 3 is 2.50 bits per heavy atom. The molecule has 20 heavy (non-hydrogen) atoms. The second-order valence-corrected chi connectivity index (χ2v) is 6.03. The molecule has 2 aromatic carbocycles. The van der Waals surface area contributed by atoms with Crippen molar-refractivity contribution < 1.29 is 9.50 Å². The molecular weight excluding hydrogens is 319 g/mol. The monoisotopic (exact) mass is 336 g/mol. The van der Waals surface area contributed by atoms with Gasteiger partial charge in [0.15, 0.2) is 0 Å². The number of hydrogen-bond donors (Lipinski definition) is 1. The van der Waals surface area contributed by atoms with Gasteiger partial charge in [0.1, 0.15) is 5.82 Å². The van der Waals surface area contributed by atoms with Crippen molar-refractivity contribution in [3.8, 4) is 0 Å². The number of rotatable bonds is 5. The molecule has 0 saturated heterocycles. The quantitative estimate of drug-likeness (QED) is 0.863. The zero-order chi connectivity index (χ0) is 14.5. The topological polar surface area (TPSA) is 20.2 Å². The van der Waals surface area contributed by atoms with Gasteiger partial charge in [-0.1, -0.05) is 40.2 Å².